The first-order valence-electron chi connectivity index (χ1n) is 8.01. The van der Waals surface area contributed by atoms with E-state index in [0.29, 0.717) is 0 Å². The topological polar surface area (TPSA) is 90.9 Å². The van der Waals surface area contributed by atoms with Gasteiger partial charge in [-0.25, -0.2) is 4.79 Å². The van der Waals surface area contributed by atoms with Crippen molar-refractivity contribution in [2.24, 2.45) is 11.8 Å². The molecule has 1 aromatic carbocycles. The number of nitrogens with one attached hydrogen (secondary N) is 1. The third-order valence-electron chi connectivity index (χ3n) is 3.67. The molecule has 1 saturated carbocycles. The third-order valence-corrected chi connectivity index (χ3v) is 3.67. The van der Waals surface area contributed by atoms with Crippen LogP contribution in [0.15, 0.2) is 30.3 Å². The van der Waals surface area contributed by atoms with E-state index in [4.69, 9.17) is 14.2 Å². The highest BCUT2D eigenvalue weighted by molar-refractivity contribution is 5.90. The zero-order valence-corrected chi connectivity index (χ0v) is 14.8. The van der Waals surface area contributed by atoms with Crippen LogP contribution in [0.4, 0.5) is 4.79 Å². The second-order valence-corrected chi connectivity index (χ2v) is 6.84. The van der Waals surface area contributed by atoms with Crippen molar-refractivity contribution in [2.75, 3.05) is 7.11 Å². The van der Waals surface area contributed by atoms with E-state index in [1.807, 2.05) is 30.3 Å². The Bertz CT molecular complexity index is 637. The highest BCUT2D eigenvalue weighted by Gasteiger charge is 2.62. The lowest BCUT2D eigenvalue weighted by Crippen LogP contribution is -2.35. The van der Waals surface area contributed by atoms with Gasteiger partial charge in [0.15, 0.2) is 0 Å². The highest BCUT2D eigenvalue weighted by atomic mass is 16.6. The normalized spacial score (nSPS) is 21.8. The minimum Gasteiger partial charge on any atom is -0.469 e. The fraction of sp³-hybridized carbons (Fsp3) is 0.500. The van der Waals surface area contributed by atoms with Crippen molar-refractivity contribution in [2.45, 2.75) is 39.0 Å². The maximum Gasteiger partial charge on any atom is 0.407 e. The van der Waals surface area contributed by atoms with Crippen molar-refractivity contribution in [3.8, 4) is 0 Å². The Morgan fingerprint density at radius 1 is 1.04 bits per heavy atom. The Morgan fingerprint density at radius 2 is 1.64 bits per heavy atom. The van der Waals surface area contributed by atoms with Crippen molar-refractivity contribution in [3.05, 3.63) is 35.9 Å². The monoisotopic (exact) mass is 349 g/mol. The zero-order chi connectivity index (χ0) is 18.6. The van der Waals surface area contributed by atoms with E-state index in [9.17, 15) is 14.4 Å². The molecule has 1 N–H and O–H groups in total. The lowest BCUT2D eigenvalue weighted by Gasteiger charge is -2.19. The molecule has 0 radical (unpaired) electrons. The van der Waals surface area contributed by atoms with Gasteiger partial charge in [-0.1, -0.05) is 30.3 Å². The minimum atomic E-state index is -0.774. The van der Waals surface area contributed by atoms with Crippen LogP contribution < -0.4 is 5.32 Å². The van der Waals surface area contributed by atoms with Crippen LogP contribution in [-0.2, 0) is 30.4 Å². The number of carbonyl (C=O) groups excluding carboxylic acids is 3. The Labute approximate surface area is 146 Å². The first kappa shape index (κ1) is 18.8. The molecule has 1 amide bonds. The minimum absolute atomic E-state index is 0.100. The number of benzene rings is 1. The SMILES string of the molecule is COC(=O)[C@@H]1[C@H](NC(=O)OC(C)(C)C)[C@H]1C(=O)OCc1ccccc1. The molecule has 0 aliphatic heterocycles. The number of hydrogen-bond donors (Lipinski definition) is 1. The van der Waals surface area contributed by atoms with Gasteiger partial charge in [0, 0.05) is 0 Å². The number of esters is 2. The summed E-state index contributed by atoms with van der Waals surface area (Å²) in [5.74, 6) is -2.66. The number of ether oxygens (including phenoxy) is 3. The van der Waals surface area contributed by atoms with Crippen LogP contribution in [0.5, 0.6) is 0 Å². The van der Waals surface area contributed by atoms with E-state index in [1.54, 1.807) is 20.8 Å². The summed E-state index contributed by atoms with van der Waals surface area (Å²) in [6, 6.07) is 8.50. The molecule has 136 valence electrons. The van der Waals surface area contributed by atoms with E-state index < -0.39 is 41.5 Å². The van der Waals surface area contributed by atoms with Crippen molar-refractivity contribution < 1.29 is 28.6 Å². The van der Waals surface area contributed by atoms with E-state index in [-0.39, 0.29) is 6.61 Å². The zero-order valence-electron chi connectivity index (χ0n) is 14.8. The van der Waals surface area contributed by atoms with Crippen molar-refractivity contribution in [1.29, 1.82) is 0 Å². The summed E-state index contributed by atoms with van der Waals surface area (Å²) in [6.45, 7) is 5.28. The molecule has 3 atom stereocenters. The van der Waals surface area contributed by atoms with Crippen LogP contribution in [0.1, 0.15) is 26.3 Å². The molecule has 0 aromatic heterocycles. The van der Waals surface area contributed by atoms with Gasteiger partial charge in [0.2, 0.25) is 0 Å². The number of rotatable bonds is 5. The quantitative estimate of drug-likeness (QED) is 0.646. The standard InChI is InChI=1S/C18H23NO6/c1-18(2,3)25-17(22)19-14-12(15(20)23-4)13(14)16(21)24-10-11-8-6-5-7-9-11/h5-9,12-14H,10H2,1-4H3,(H,19,22)/t12-,13-,14-/m0/s1. The van der Waals surface area contributed by atoms with E-state index >= 15 is 0 Å². The summed E-state index contributed by atoms with van der Waals surface area (Å²) in [5.41, 5.74) is 0.158. The maximum absolute atomic E-state index is 12.3. The average molecular weight is 349 g/mol. The summed E-state index contributed by atoms with van der Waals surface area (Å²) in [6.07, 6.45) is -0.690. The van der Waals surface area contributed by atoms with Gasteiger partial charge in [-0.15, -0.1) is 0 Å². The summed E-state index contributed by atoms with van der Waals surface area (Å²) in [7, 11) is 1.23. The van der Waals surface area contributed by atoms with Gasteiger partial charge >= 0.3 is 18.0 Å². The molecule has 0 saturated heterocycles. The fourth-order valence-corrected chi connectivity index (χ4v) is 2.48. The largest absolute Gasteiger partial charge is 0.469 e. The van der Waals surface area contributed by atoms with Crippen LogP contribution in [0.25, 0.3) is 0 Å². The van der Waals surface area contributed by atoms with E-state index in [1.165, 1.54) is 7.11 Å². The van der Waals surface area contributed by atoms with E-state index in [0.717, 1.165) is 5.56 Å². The summed E-state index contributed by atoms with van der Waals surface area (Å²) in [5, 5.41) is 2.54. The molecule has 1 aromatic rings. The number of amides is 1. The molecule has 0 unspecified atom stereocenters. The summed E-state index contributed by atoms with van der Waals surface area (Å²) < 4.78 is 15.1. The van der Waals surface area contributed by atoms with Crippen molar-refractivity contribution in [1.82, 2.24) is 5.32 Å². The van der Waals surface area contributed by atoms with Gasteiger partial charge in [0.05, 0.1) is 25.0 Å². The molecule has 0 spiro atoms. The predicted octanol–water partition coefficient (Wildman–Crippen LogP) is 2.04. The molecule has 0 bridgehead atoms. The Hall–Kier alpha value is -2.57. The molecular formula is C18H23NO6. The molecule has 2 rings (SSSR count). The lowest BCUT2D eigenvalue weighted by atomic mass is 10.2. The number of hydrogen-bond acceptors (Lipinski definition) is 6. The van der Waals surface area contributed by atoms with Gasteiger partial charge in [0.25, 0.3) is 0 Å². The number of carbonyl (C=O) groups is 3. The van der Waals surface area contributed by atoms with Crippen molar-refractivity contribution >= 4 is 18.0 Å². The number of alkyl carbamates (subject to hydrolysis) is 1. The molecule has 1 aliphatic rings. The second kappa shape index (κ2) is 7.55. The van der Waals surface area contributed by atoms with Crippen LogP contribution in [0, 0.1) is 11.8 Å². The lowest BCUT2D eigenvalue weighted by molar-refractivity contribution is -0.150. The molecule has 7 heteroatoms. The first-order valence-corrected chi connectivity index (χ1v) is 8.01. The Balaban J connectivity index is 1.95. The van der Waals surface area contributed by atoms with Gasteiger partial charge in [-0.05, 0) is 26.3 Å². The molecular weight excluding hydrogens is 326 g/mol. The predicted molar refractivity (Wildman–Crippen MR) is 88.4 cm³/mol. The molecule has 7 nitrogen and oxygen atoms in total. The van der Waals surface area contributed by atoms with Gasteiger partial charge < -0.3 is 19.5 Å². The molecule has 0 heterocycles. The van der Waals surface area contributed by atoms with Gasteiger partial charge in [-0.2, -0.15) is 0 Å². The van der Waals surface area contributed by atoms with Crippen LogP contribution >= 0.6 is 0 Å². The number of methoxy groups -OCH3 is 1. The average Bonchev–Trinajstić information content (AvgIpc) is 3.24. The van der Waals surface area contributed by atoms with Crippen molar-refractivity contribution in [3.63, 3.8) is 0 Å². The Kier molecular flexibility index (Phi) is 5.66. The van der Waals surface area contributed by atoms with Crippen LogP contribution in [0.3, 0.4) is 0 Å². The van der Waals surface area contributed by atoms with E-state index in [2.05, 4.69) is 5.32 Å². The van der Waals surface area contributed by atoms with Crippen LogP contribution in [-0.4, -0.2) is 36.8 Å². The second-order valence-electron chi connectivity index (χ2n) is 6.84. The molecule has 1 fully saturated rings. The maximum atomic E-state index is 12.3. The summed E-state index contributed by atoms with van der Waals surface area (Å²) in [4.78, 5) is 36.0. The van der Waals surface area contributed by atoms with Gasteiger partial charge in [0.1, 0.15) is 12.2 Å². The molecule has 1 aliphatic carbocycles. The summed E-state index contributed by atoms with van der Waals surface area (Å²) >= 11 is 0. The highest BCUT2D eigenvalue weighted by Crippen LogP contribution is 2.41. The van der Waals surface area contributed by atoms with Gasteiger partial charge in [-0.3, -0.25) is 9.59 Å². The fourth-order valence-electron chi connectivity index (χ4n) is 2.48. The first-order chi connectivity index (χ1) is 11.7. The third kappa shape index (κ3) is 5.20. The Morgan fingerprint density at radius 3 is 2.20 bits per heavy atom. The van der Waals surface area contributed by atoms with Crippen LogP contribution in [0.2, 0.25) is 0 Å². The smallest absolute Gasteiger partial charge is 0.407 e. The molecule has 25 heavy (non-hydrogen) atoms.